The van der Waals surface area contributed by atoms with Crippen molar-refractivity contribution in [3.8, 4) is 11.6 Å². The molecule has 1 heterocycles. The first-order valence-electron chi connectivity index (χ1n) is 7.55. The molecule has 0 saturated carbocycles. The van der Waals surface area contributed by atoms with E-state index in [0.29, 0.717) is 22.3 Å². The predicted molar refractivity (Wildman–Crippen MR) is 91.1 cm³/mol. The van der Waals surface area contributed by atoms with Crippen LogP contribution in [0.25, 0.3) is 10.9 Å². The molecule has 2 aromatic carbocycles. The Hall–Kier alpha value is -2.82. The summed E-state index contributed by atoms with van der Waals surface area (Å²) in [6.07, 6.45) is 0.971. The third kappa shape index (κ3) is 2.65. The lowest BCUT2D eigenvalue weighted by Gasteiger charge is -2.04. The van der Waals surface area contributed by atoms with Crippen molar-refractivity contribution in [3.63, 3.8) is 0 Å². The highest BCUT2D eigenvalue weighted by Gasteiger charge is 2.16. The summed E-state index contributed by atoms with van der Waals surface area (Å²) in [5.41, 5.74) is 4.43. The molecular weight excluding hydrogens is 290 g/mol. The molecule has 0 radical (unpaired) electrons. The molecule has 0 fully saturated rings. The third-order valence-electron chi connectivity index (χ3n) is 4.06. The molecule has 0 aliphatic rings. The minimum Gasteiger partial charge on any atom is -0.507 e. The van der Waals surface area contributed by atoms with Crippen LogP contribution in [0.4, 0.5) is 11.4 Å². The van der Waals surface area contributed by atoms with Crippen molar-refractivity contribution >= 4 is 22.3 Å². The number of aromatic nitrogens is 1. The lowest BCUT2D eigenvalue weighted by atomic mass is 10.1. The fourth-order valence-electron chi connectivity index (χ4n) is 2.69. The number of hydrogen-bond acceptors (Lipinski definition) is 4. The Morgan fingerprint density at radius 1 is 1.04 bits per heavy atom. The molecule has 0 bridgehead atoms. The van der Waals surface area contributed by atoms with E-state index in [0.717, 1.165) is 17.5 Å². The molecular formula is C18H19N3O2. The third-order valence-corrected chi connectivity index (χ3v) is 4.06. The van der Waals surface area contributed by atoms with Crippen LogP contribution < -0.4 is 0 Å². The lowest BCUT2D eigenvalue weighted by molar-refractivity contribution is 0.459. The Labute approximate surface area is 134 Å². The Bertz CT molecular complexity index is 893. The molecule has 118 valence electrons. The number of phenols is 1. The molecule has 23 heavy (non-hydrogen) atoms. The van der Waals surface area contributed by atoms with Gasteiger partial charge in [0, 0.05) is 10.9 Å². The van der Waals surface area contributed by atoms with Crippen LogP contribution in [0, 0.1) is 13.8 Å². The van der Waals surface area contributed by atoms with Gasteiger partial charge in [-0.1, -0.05) is 19.1 Å². The minimum atomic E-state index is -0.0537. The molecule has 0 aliphatic carbocycles. The van der Waals surface area contributed by atoms with Gasteiger partial charge in [0.15, 0.2) is 5.69 Å². The molecule has 3 aromatic rings. The van der Waals surface area contributed by atoms with E-state index >= 15 is 0 Å². The number of fused-ring (bicyclic) bond motifs is 1. The monoisotopic (exact) mass is 309 g/mol. The molecule has 0 spiro atoms. The Morgan fingerprint density at radius 2 is 1.74 bits per heavy atom. The highest BCUT2D eigenvalue weighted by molar-refractivity contribution is 5.98. The maximum atomic E-state index is 10.1. The van der Waals surface area contributed by atoms with Gasteiger partial charge >= 0.3 is 0 Å². The van der Waals surface area contributed by atoms with Gasteiger partial charge in [0.25, 0.3) is 0 Å². The maximum Gasteiger partial charge on any atom is 0.218 e. The first-order chi connectivity index (χ1) is 11.0. The van der Waals surface area contributed by atoms with Gasteiger partial charge in [-0.2, -0.15) is 5.11 Å². The maximum absolute atomic E-state index is 10.1. The van der Waals surface area contributed by atoms with E-state index in [1.54, 1.807) is 13.0 Å². The van der Waals surface area contributed by atoms with Crippen molar-refractivity contribution in [1.29, 1.82) is 0 Å². The molecule has 3 N–H and O–H groups in total. The van der Waals surface area contributed by atoms with Gasteiger partial charge in [-0.05, 0) is 49.6 Å². The van der Waals surface area contributed by atoms with Crippen molar-refractivity contribution in [1.82, 2.24) is 4.98 Å². The number of benzene rings is 2. The fourth-order valence-corrected chi connectivity index (χ4v) is 2.69. The Kier molecular flexibility index (Phi) is 3.78. The van der Waals surface area contributed by atoms with Crippen LogP contribution >= 0.6 is 0 Å². The Balaban J connectivity index is 2.07. The summed E-state index contributed by atoms with van der Waals surface area (Å²) in [5, 5.41) is 29.3. The summed E-state index contributed by atoms with van der Waals surface area (Å²) in [4.78, 5) is 2.88. The van der Waals surface area contributed by atoms with Gasteiger partial charge in [-0.25, -0.2) is 0 Å². The molecule has 5 heteroatoms. The normalized spacial score (nSPS) is 11.6. The van der Waals surface area contributed by atoms with Crippen LogP contribution in [0.3, 0.4) is 0 Å². The van der Waals surface area contributed by atoms with E-state index in [9.17, 15) is 10.2 Å². The second kappa shape index (κ2) is 5.76. The molecule has 0 atom stereocenters. The largest absolute Gasteiger partial charge is 0.507 e. The van der Waals surface area contributed by atoms with Gasteiger partial charge in [0.05, 0.1) is 11.2 Å². The van der Waals surface area contributed by atoms with Crippen LogP contribution in [0.1, 0.15) is 23.6 Å². The number of H-pyrrole nitrogens is 1. The minimum absolute atomic E-state index is 0.0537. The predicted octanol–water partition coefficient (Wildman–Crippen LogP) is 5.17. The molecule has 0 unspecified atom stereocenters. The van der Waals surface area contributed by atoms with E-state index in [-0.39, 0.29) is 11.6 Å². The topological polar surface area (TPSA) is 81.0 Å². The quantitative estimate of drug-likeness (QED) is 0.583. The lowest BCUT2D eigenvalue weighted by Crippen LogP contribution is -1.82. The first kappa shape index (κ1) is 15.1. The number of aromatic hydroxyl groups is 2. The highest BCUT2D eigenvalue weighted by atomic mass is 16.3. The summed E-state index contributed by atoms with van der Waals surface area (Å²) >= 11 is 0. The molecule has 0 amide bonds. The van der Waals surface area contributed by atoms with Crippen LogP contribution in [0.5, 0.6) is 11.6 Å². The van der Waals surface area contributed by atoms with Crippen LogP contribution in [-0.4, -0.2) is 15.2 Å². The van der Waals surface area contributed by atoms with Crippen molar-refractivity contribution in [3.05, 3.63) is 47.0 Å². The SMILES string of the molecule is CCc1ccc(N=Nc2c(O)[nH]c3cc(C)c(O)c(C)c23)cc1. The fraction of sp³-hybridized carbons (Fsp3) is 0.222. The van der Waals surface area contributed by atoms with Gasteiger partial charge < -0.3 is 15.2 Å². The van der Waals surface area contributed by atoms with Gasteiger partial charge in [-0.3, -0.25) is 0 Å². The number of aromatic amines is 1. The van der Waals surface area contributed by atoms with Crippen molar-refractivity contribution in [2.24, 2.45) is 10.2 Å². The molecule has 0 aliphatic heterocycles. The van der Waals surface area contributed by atoms with Gasteiger partial charge in [-0.15, -0.1) is 5.11 Å². The highest BCUT2D eigenvalue weighted by Crippen LogP contribution is 2.42. The zero-order valence-corrected chi connectivity index (χ0v) is 13.4. The van der Waals surface area contributed by atoms with Crippen LogP contribution in [-0.2, 0) is 6.42 Å². The number of nitrogens with one attached hydrogen (secondary N) is 1. The van der Waals surface area contributed by atoms with Gasteiger partial charge in [0.2, 0.25) is 5.88 Å². The summed E-state index contributed by atoms with van der Waals surface area (Å²) < 4.78 is 0. The smallest absolute Gasteiger partial charge is 0.218 e. The average molecular weight is 309 g/mol. The second-order valence-corrected chi connectivity index (χ2v) is 5.63. The second-order valence-electron chi connectivity index (χ2n) is 5.63. The number of rotatable bonds is 3. The van der Waals surface area contributed by atoms with Crippen LogP contribution in [0.15, 0.2) is 40.6 Å². The summed E-state index contributed by atoms with van der Waals surface area (Å²) in [6.45, 7) is 5.71. The van der Waals surface area contributed by atoms with Crippen molar-refractivity contribution in [2.45, 2.75) is 27.2 Å². The van der Waals surface area contributed by atoms with Crippen LogP contribution in [0.2, 0.25) is 0 Å². The van der Waals surface area contributed by atoms with Crippen molar-refractivity contribution < 1.29 is 10.2 Å². The summed E-state index contributed by atoms with van der Waals surface area (Å²) in [7, 11) is 0. The van der Waals surface area contributed by atoms with E-state index in [4.69, 9.17) is 0 Å². The van der Waals surface area contributed by atoms with E-state index in [1.807, 2.05) is 31.2 Å². The molecule has 0 saturated heterocycles. The number of hydrogen-bond donors (Lipinski definition) is 3. The van der Waals surface area contributed by atoms with E-state index < -0.39 is 0 Å². The molecule has 3 rings (SSSR count). The molecule has 1 aromatic heterocycles. The van der Waals surface area contributed by atoms with Crippen molar-refractivity contribution in [2.75, 3.05) is 0 Å². The van der Waals surface area contributed by atoms with E-state index in [1.165, 1.54) is 5.56 Å². The standard InChI is InChI=1S/C18H19N3O2/c1-4-12-5-7-13(8-6-12)20-21-16-15-11(3)17(22)10(2)9-14(15)19-18(16)23/h5-9,19,22-23H,4H2,1-3H3. The van der Waals surface area contributed by atoms with E-state index in [2.05, 4.69) is 22.1 Å². The number of aryl methyl sites for hydroxylation is 3. The number of phenolic OH excluding ortho intramolecular Hbond substituents is 1. The van der Waals surface area contributed by atoms with Gasteiger partial charge in [0.1, 0.15) is 5.75 Å². The number of azo groups is 1. The molecule has 5 nitrogen and oxygen atoms in total. The first-order valence-corrected chi connectivity index (χ1v) is 7.55. The Morgan fingerprint density at radius 3 is 2.39 bits per heavy atom. The zero-order chi connectivity index (χ0) is 16.6. The number of nitrogens with zero attached hydrogens (tertiary/aromatic N) is 2. The zero-order valence-electron chi connectivity index (χ0n) is 13.4. The summed E-state index contributed by atoms with van der Waals surface area (Å²) in [5.74, 6) is 0.155. The summed E-state index contributed by atoms with van der Waals surface area (Å²) in [6, 6.07) is 9.58. The average Bonchev–Trinajstić information content (AvgIpc) is 2.86.